The van der Waals surface area contributed by atoms with E-state index in [9.17, 15) is 0 Å². The lowest BCUT2D eigenvalue weighted by Gasteiger charge is -2.08. The first-order valence-electron chi connectivity index (χ1n) is 8.30. The van der Waals surface area contributed by atoms with Gasteiger partial charge in [-0.2, -0.15) is 0 Å². The molecule has 0 atom stereocenters. The summed E-state index contributed by atoms with van der Waals surface area (Å²) in [6, 6.07) is 11.2. The van der Waals surface area contributed by atoms with Crippen molar-refractivity contribution in [3.05, 3.63) is 60.4 Å². The molecule has 0 bridgehead atoms. The van der Waals surface area contributed by atoms with Crippen LogP contribution in [0.25, 0.3) is 23.1 Å². The number of anilines is 1. The Morgan fingerprint density at radius 1 is 1.08 bits per heavy atom. The summed E-state index contributed by atoms with van der Waals surface area (Å²) in [4.78, 5) is 17.8. The summed E-state index contributed by atoms with van der Waals surface area (Å²) < 4.78 is 5.30. The van der Waals surface area contributed by atoms with Gasteiger partial charge in [-0.15, -0.1) is 5.10 Å². The van der Waals surface area contributed by atoms with Gasteiger partial charge in [0.2, 0.25) is 5.82 Å². The number of aromatic amines is 1. The maximum atomic E-state index is 5.30. The van der Waals surface area contributed by atoms with Gasteiger partial charge in [0.05, 0.1) is 12.8 Å². The average molecular weight is 347 g/mol. The zero-order chi connectivity index (χ0) is 17.8. The Morgan fingerprint density at radius 3 is 2.81 bits per heavy atom. The predicted molar refractivity (Wildman–Crippen MR) is 96.1 cm³/mol. The van der Waals surface area contributed by atoms with Crippen molar-refractivity contribution in [3.63, 3.8) is 0 Å². The lowest BCUT2D eigenvalue weighted by Crippen LogP contribution is -2.06. The van der Waals surface area contributed by atoms with E-state index in [1.807, 2.05) is 30.3 Å². The summed E-state index contributed by atoms with van der Waals surface area (Å²) in [5.41, 5.74) is 1.68. The van der Waals surface area contributed by atoms with Crippen LogP contribution < -0.4 is 5.32 Å². The van der Waals surface area contributed by atoms with E-state index in [1.165, 1.54) is 0 Å². The van der Waals surface area contributed by atoms with Gasteiger partial charge in [-0.3, -0.25) is 10.1 Å². The molecule has 0 aliphatic carbocycles. The van der Waals surface area contributed by atoms with Crippen LogP contribution in [-0.4, -0.2) is 30.1 Å². The molecule has 0 saturated carbocycles. The van der Waals surface area contributed by atoms with Crippen LogP contribution in [-0.2, 0) is 13.0 Å². The molecule has 26 heavy (non-hydrogen) atoms. The fraction of sp³-hybridized carbons (Fsp3) is 0.167. The van der Waals surface area contributed by atoms with Crippen LogP contribution in [0.5, 0.6) is 0 Å². The number of aryl methyl sites for hydroxylation is 1. The third-order valence-electron chi connectivity index (χ3n) is 3.75. The third kappa shape index (κ3) is 3.44. The van der Waals surface area contributed by atoms with E-state index in [2.05, 4.69) is 42.4 Å². The van der Waals surface area contributed by atoms with Gasteiger partial charge < -0.3 is 9.73 Å². The number of nitrogens with one attached hydrogen (secondary N) is 2. The Morgan fingerprint density at radius 2 is 2.04 bits per heavy atom. The maximum Gasteiger partial charge on any atom is 0.216 e. The zero-order valence-corrected chi connectivity index (χ0v) is 14.2. The molecular weight excluding hydrogens is 330 g/mol. The second-order valence-electron chi connectivity index (χ2n) is 5.57. The number of hydrogen-bond acceptors (Lipinski definition) is 7. The SMILES string of the molecule is CCc1cc(NCc2nc(-c3ccco3)n[nH]2)nc(-c2ccccn2)n1. The van der Waals surface area contributed by atoms with Crippen LogP contribution in [0, 0.1) is 0 Å². The molecule has 8 heteroatoms. The monoisotopic (exact) mass is 347 g/mol. The molecule has 4 aromatic rings. The van der Waals surface area contributed by atoms with Crippen molar-refractivity contribution >= 4 is 5.82 Å². The number of H-pyrrole nitrogens is 1. The molecule has 4 heterocycles. The third-order valence-corrected chi connectivity index (χ3v) is 3.75. The fourth-order valence-electron chi connectivity index (χ4n) is 2.44. The molecule has 0 unspecified atom stereocenters. The van der Waals surface area contributed by atoms with Gasteiger partial charge >= 0.3 is 0 Å². The molecule has 0 aromatic carbocycles. The molecule has 0 aliphatic heterocycles. The lowest BCUT2D eigenvalue weighted by atomic mass is 10.3. The van der Waals surface area contributed by atoms with Gasteiger partial charge in [0.25, 0.3) is 0 Å². The van der Waals surface area contributed by atoms with Crippen molar-refractivity contribution in [1.82, 2.24) is 30.1 Å². The number of rotatable bonds is 6. The van der Waals surface area contributed by atoms with E-state index in [0.29, 0.717) is 35.6 Å². The second kappa shape index (κ2) is 7.14. The van der Waals surface area contributed by atoms with Crippen LogP contribution >= 0.6 is 0 Å². The molecule has 2 N–H and O–H groups in total. The molecule has 0 spiro atoms. The maximum absolute atomic E-state index is 5.30. The van der Waals surface area contributed by atoms with Crippen molar-refractivity contribution < 1.29 is 4.42 Å². The number of furan rings is 1. The zero-order valence-electron chi connectivity index (χ0n) is 14.2. The minimum Gasteiger partial charge on any atom is -0.461 e. The molecule has 0 radical (unpaired) electrons. The van der Waals surface area contributed by atoms with Crippen LogP contribution in [0.2, 0.25) is 0 Å². The first-order valence-corrected chi connectivity index (χ1v) is 8.30. The Hall–Kier alpha value is -3.55. The van der Waals surface area contributed by atoms with Gasteiger partial charge in [0.15, 0.2) is 11.6 Å². The highest BCUT2D eigenvalue weighted by Crippen LogP contribution is 2.17. The highest BCUT2D eigenvalue weighted by molar-refractivity contribution is 5.53. The molecular formula is C18H17N7O. The van der Waals surface area contributed by atoms with Gasteiger partial charge in [-0.05, 0) is 30.7 Å². The number of hydrogen-bond donors (Lipinski definition) is 2. The van der Waals surface area contributed by atoms with Crippen molar-refractivity contribution in [2.45, 2.75) is 19.9 Å². The highest BCUT2D eigenvalue weighted by atomic mass is 16.3. The fourth-order valence-corrected chi connectivity index (χ4v) is 2.44. The van der Waals surface area contributed by atoms with Crippen molar-refractivity contribution in [1.29, 1.82) is 0 Å². The Kier molecular flexibility index (Phi) is 4.38. The van der Waals surface area contributed by atoms with E-state index in [-0.39, 0.29) is 0 Å². The molecule has 0 saturated heterocycles. The molecule has 0 aliphatic rings. The van der Waals surface area contributed by atoms with E-state index in [0.717, 1.165) is 17.8 Å². The number of aromatic nitrogens is 6. The topological polar surface area (TPSA) is 105 Å². The molecule has 4 rings (SSSR count). The van der Waals surface area contributed by atoms with E-state index < -0.39 is 0 Å². The summed E-state index contributed by atoms with van der Waals surface area (Å²) >= 11 is 0. The van der Waals surface area contributed by atoms with Gasteiger partial charge in [-0.25, -0.2) is 15.0 Å². The van der Waals surface area contributed by atoms with E-state index >= 15 is 0 Å². The van der Waals surface area contributed by atoms with Gasteiger partial charge in [-0.1, -0.05) is 13.0 Å². The smallest absolute Gasteiger partial charge is 0.216 e. The normalized spacial score (nSPS) is 10.8. The minimum atomic E-state index is 0.454. The molecule has 4 aromatic heterocycles. The van der Waals surface area contributed by atoms with Crippen LogP contribution in [0.3, 0.4) is 0 Å². The summed E-state index contributed by atoms with van der Waals surface area (Å²) in [7, 11) is 0. The standard InChI is InChI=1S/C18H17N7O/c1-2-12-10-15(22-17(21-12)13-6-3-4-8-19-13)20-11-16-23-18(25-24-16)14-7-5-9-26-14/h3-10H,2,11H2,1H3,(H,20,21,22)(H,23,24,25). The largest absolute Gasteiger partial charge is 0.461 e. The van der Waals surface area contributed by atoms with E-state index in [4.69, 9.17) is 4.42 Å². The quantitative estimate of drug-likeness (QED) is 0.552. The summed E-state index contributed by atoms with van der Waals surface area (Å²) in [5, 5.41) is 10.3. The number of pyridine rings is 1. The Balaban J connectivity index is 1.53. The highest BCUT2D eigenvalue weighted by Gasteiger charge is 2.10. The first-order chi connectivity index (χ1) is 12.8. The molecule has 0 amide bonds. The van der Waals surface area contributed by atoms with Crippen LogP contribution in [0.4, 0.5) is 5.82 Å². The van der Waals surface area contributed by atoms with Crippen molar-refractivity contribution in [2.75, 3.05) is 5.32 Å². The molecule has 8 nitrogen and oxygen atoms in total. The predicted octanol–water partition coefficient (Wildman–Crippen LogP) is 3.09. The minimum absolute atomic E-state index is 0.454. The second-order valence-corrected chi connectivity index (χ2v) is 5.57. The van der Waals surface area contributed by atoms with Crippen molar-refractivity contribution in [2.24, 2.45) is 0 Å². The van der Waals surface area contributed by atoms with Crippen molar-refractivity contribution in [3.8, 4) is 23.1 Å². The molecule has 0 fully saturated rings. The Bertz CT molecular complexity index is 980. The molecule has 130 valence electrons. The number of nitrogens with zero attached hydrogens (tertiary/aromatic N) is 5. The van der Waals surface area contributed by atoms with Gasteiger partial charge in [0.1, 0.15) is 17.3 Å². The Labute approximate surface area is 149 Å². The van der Waals surface area contributed by atoms with Crippen LogP contribution in [0.15, 0.2) is 53.3 Å². The van der Waals surface area contributed by atoms with Gasteiger partial charge in [0, 0.05) is 18.0 Å². The van der Waals surface area contributed by atoms with Crippen LogP contribution in [0.1, 0.15) is 18.4 Å². The lowest BCUT2D eigenvalue weighted by molar-refractivity contribution is 0.577. The average Bonchev–Trinajstić information content (AvgIpc) is 3.38. The summed E-state index contributed by atoms with van der Waals surface area (Å²) in [6.45, 7) is 2.51. The first kappa shape index (κ1) is 15.9. The summed E-state index contributed by atoms with van der Waals surface area (Å²) in [6.07, 6.45) is 4.13. The summed E-state index contributed by atoms with van der Waals surface area (Å²) in [5.74, 6) is 3.15. The van der Waals surface area contributed by atoms with E-state index in [1.54, 1.807) is 18.5 Å².